The van der Waals surface area contributed by atoms with E-state index < -0.39 is 22.0 Å². The van der Waals surface area contributed by atoms with Crippen LogP contribution in [0.15, 0.2) is 47.3 Å². The maximum atomic E-state index is 12.8. The molecule has 28 heavy (non-hydrogen) atoms. The topological polar surface area (TPSA) is 88.5 Å². The molecule has 0 saturated heterocycles. The van der Waals surface area contributed by atoms with Gasteiger partial charge in [-0.3, -0.25) is 13.9 Å². The van der Waals surface area contributed by atoms with Crippen LogP contribution < -0.4 is 14.5 Å². The van der Waals surface area contributed by atoms with E-state index in [-0.39, 0.29) is 4.87 Å². The number of rotatable bonds is 5. The molecule has 1 atom stereocenters. The summed E-state index contributed by atoms with van der Waals surface area (Å²) < 4.78 is 28.1. The molecule has 148 valence electrons. The molecule has 9 heteroatoms. The summed E-state index contributed by atoms with van der Waals surface area (Å²) in [4.78, 5) is 24.5. The van der Waals surface area contributed by atoms with E-state index in [2.05, 4.69) is 5.32 Å². The Morgan fingerprint density at radius 2 is 1.82 bits per heavy atom. The molecular weight excluding hydrogens is 398 g/mol. The predicted molar refractivity (Wildman–Crippen MR) is 114 cm³/mol. The zero-order valence-corrected chi connectivity index (χ0v) is 17.6. The van der Waals surface area contributed by atoms with Crippen LogP contribution in [-0.2, 0) is 21.9 Å². The van der Waals surface area contributed by atoms with E-state index >= 15 is 0 Å². The third-order valence-electron chi connectivity index (χ3n) is 4.44. The fourth-order valence-electron chi connectivity index (χ4n) is 2.96. The van der Waals surface area contributed by atoms with Gasteiger partial charge in [0.25, 0.3) is 0 Å². The molecule has 0 fully saturated rings. The number of aromatic nitrogens is 1. The molecule has 1 N–H and O–H groups in total. The lowest BCUT2D eigenvalue weighted by molar-refractivity contribution is -0.116. The highest BCUT2D eigenvalue weighted by molar-refractivity contribution is 7.92. The van der Waals surface area contributed by atoms with Gasteiger partial charge in [-0.1, -0.05) is 29.0 Å². The molecule has 1 heterocycles. The van der Waals surface area contributed by atoms with Crippen LogP contribution in [-0.4, -0.2) is 31.2 Å². The van der Waals surface area contributed by atoms with Crippen molar-refractivity contribution in [2.45, 2.75) is 19.9 Å². The normalized spacial score (nSPS) is 12.7. The van der Waals surface area contributed by atoms with Gasteiger partial charge in [-0.25, -0.2) is 8.42 Å². The number of fused-ring (bicyclic) bond motifs is 1. The molecule has 0 aliphatic heterocycles. The van der Waals surface area contributed by atoms with Crippen molar-refractivity contribution in [2.24, 2.45) is 7.05 Å². The quantitative estimate of drug-likeness (QED) is 0.689. The Labute approximate surface area is 167 Å². The lowest BCUT2D eigenvalue weighted by atomic mass is 10.2. The van der Waals surface area contributed by atoms with E-state index in [1.54, 1.807) is 49.5 Å². The van der Waals surface area contributed by atoms with Crippen molar-refractivity contribution in [3.05, 3.63) is 57.7 Å². The Morgan fingerprint density at radius 1 is 1.18 bits per heavy atom. The second-order valence-electron chi connectivity index (χ2n) is 6.67. The van der Waals surface area contributed by atoms with Crippen LogP contribution in [0.2, 0.25) is 0 Å². The van der Waals surface area contributed by atoms with E-state index in [1.165, 1.54) is 11.5 Å². The van der Waals surface area contributed by atoms with Gasteiger partial charge in [0.1, 0.15) is 6.04 Å². The number of sulfonamides is 1. The minimum atomic E-state index is -3.67. The van der Waals surface area contributed by atoms with Gasteiger partial charge in [0.05, 0.1) is 22.2 Å². The van der Waals surface area contributed by atoms with Crippen molar-refractivity contribution in [3.8, 4) is 0 Å². The summed E-state index contributed by atoms with van der Waals surface area (Å²) in [5, 5.41) is 2.75. The highest BCUT2D eigenvalue weighted by Gasteiger charge is 2.29. The summed E-state index contributed by atoms with van der Waals surface area (Å²) in [7, 11) is -1.99. The van der Waals surface area contributed by atoms with Crippen LogP contribution in [0, 0.1) is 6.92 Å². The van der Waals surface area contributed by atoms with Gasteiger partial charge in [-0.2, -0.15) is 0 Å². The Hall–Kier alpha value is -2.65. The number of carbonyl (C=O) groups is 1. The lowest BCUT2D eigenvalue weighted by Gasteiger charge is -2.28. The first-order valence-corrected chi connectivity index (χ1v) is 11.2. The van der Waals surface area contributed by atoms with E-state index in [4.69, 9.17) is 0 Å². The van der Waals surface area contributed by atoms with E-state index in [0.717, 1.165) is 37.7 Å². The van der Waals surface area contributed by atoms with Crippen LogP contribution in [0.4, 0.5) is 11.4 Å². The molecule has 0 bridgehead atoms. The van der Waals surface area contributed by atoms with Crippen LogP contribution in [0.3, 0.4) is 0 Å². The fourth-order valence-corrected chi connectivity index (χ4v) is 5.05. The van der Waals surface area contributed by atoms with Crippen LogP contribution in [0.1, 0.15) is 12.5 Å². The Balaban J connectivity index is 1.89. The minimum absolute atomic E-state index is 0.0885. The standard InChI is InChI=1S/C19H21N3O4S2/c1-12-5-8-15(9-6-12)22(28(4,25)26)13(2)18(23)20-14-7-10-16-17(11-14)27-19(24)21(16)3/h5-11,13H,1-4H3,(H,20,23). The minimum Gasteiger partial charge on any atom is -0.324 e. The van der Waals surface area contributed by atoms with Gasteiger partial charge >= 0.3 is 4.87 Å². The van der Waals surface area contributed by atoms with Crippen molar-refractivity contribution < 1.29 is 13.2 Å². The molecule has 3 rings (SSSR count). The third kappa shape index (κ3) is 3.95. The SMILES string of the molecule is Cc1ccc(N(C(C)C(=O)Nc2ccc3c(c2)sc(=O)n3C)S(C)(=O)=O)cc1. The molecule has 1 amide bonds. The van der Waals surface area contributed by atoms with Crippen molar-refractivity contribution in [1.82, 2.24) is 4.57 Å². The smallest absolute Gasteiger partial charge is 0.307 e. The summed E-state index contributed by atoms with van der Waals surface area (Å²) in [5.74, 6) is -0.464. The van der Waals surface area contributed by atoms with Gasteiger partial charge in [-0.05, 0) is 44.2 Å². The summed E-state index contributed by atoms with van der Waals surface area (Å²) in [5.41, 5.74) is 2.69. The first-order chi connectivity index (χ1) is 13.1. The lowest BCUT2D eigenvalue weighted by Crippen LogP contribution is -2.45. The van der Waals surface area contributed by atoms with Crippen molar-refractivity contribution in [1.29, 1.82) is 0 Å². The number of benzene rings is 2. The number of carbonyl (C=O) groups excluding carboxylic acids is 1. The molecule has 0 saturated carbocycles. The van der Waals surface area contributed by atoms with E-state index in [0.29, 0.717) is 11.4 Å². The fraction of sp³-hybridized carbons (Fsp3) is 0.263. The number of amides is 1. The summed E-state index contributed by atoms with van der Waals surface area (Å²) in [6, 6.07) is 11.1. The predicted octanol–water partition coefficient (Wildman–Crippen LogP) is 2.70. The molecule has 2 aromatic carbocycles. The Kier molecular flexibility index (Phi) is 5.31. The maximum Gasteiger partial charge on any atom is 0.307 e. The highest BCUT2D eigenvalue weighted by Crippen LogP contribution is 2.24. The van der Waals surface area contributed by atoms with Crippen LogP contribution in [0.25, 0.3) is 10.2 Å². The molecule has 0 radical (unpaired) electrons. The third-order valence-corrected chi connectivity index (χ3v) is 6.67. The van der Waals surface area contributed by atoms with Crippen LogP contribution in [0.5, 0.6) is 0 Å². The molecule has 3 aromatic rings. The summed E-state index contributed by atoms with van der Waals surface area (Å²) >= 11 is 1.09. The molecule has 0 aliphatic rings. The highest BCUT2D eigenvalue weighted by atomic mass is 32.2. The molecule has 7 nitrogen and oxygen atoms in total. The van der Waals surface area contributed by atoms with Crippen molar-refractivity contribution >= 4 is 48.9 Å². The number of nitrogens with zero attached hydrogens (tertiary/aromatic N) is 2. The van der Waals surface area contributed by atoms with Gasteiger partial charge in [0, 0.05) is 12.7 Å². The largest absolute Gasteiger partial charge is 0.324 e. The van der Waals surface area contributed by atoms with E-state index in [1.807, 2.05) is 6.92 Å². The molecule has 0 aliphatic carbocycles. The average Bonchev–Trinajstić information content (AvgIpc) is 2.89. The second-order valence-corrected chi connectivity index (χ2v) is 9.52. The zero-order valence-electron chi connectivity index (χ0n) is 16.0. The van der Waals surface area contributed by atoms with Gasteiger partial charge in [0.15, 0.2) is 0 Å². The Bertz CT molecular complexity index is 1190. The molecule has 1 unspecified atom stereocenters. The van der Waals surface area contributed by atoms with Gasteiger partial charge < -0.3 is 9.88 Å². The second kappa shape index (κ2) is 7.40. The van der Waals surface area contributed by atoms with Crippen LogP contribution >= 0.6 is 11.3 Å². The summed E-state index contributed by atoms with van der Waals surface area (Å²) in [6.45, 7) is 3.44. The first-order valence-electron chi connectivity index (χ1n) is 8.54. The first kappa shape index (κ1) is 20.1. The number of nitrogens with one attached hydrogen (secondary N) is 1. The summed E-state index contributed by atoms with van der Waals surface area (Å²) in [6.07, 6.45) is 1.07. The van der Waals surface area contributed by atoms with E-state index in [9.17, 15) is 18.0 Å². The van der Waals surface area contributed by atoms with Gasteiger partial charge in [0.2, 0.25) is 15.9 Å². The van der Waals surface area contributed by atoms with Crippen molar-refractivity contribution in [3.63, 3.8) is 0 Å². The number of aryl methyl sites for hydroxylation is 2. The molecular formula is C19H21N3O4S2. The number of anilines is 2. The molecule has 0 spiro atoms. The number of hydrogen-bond acceptors (Lipinski definition) is 5. The van der Waals surface area contributed by atoms with Crippen molar-refractivity contribution in [2.75, 3.05) is 15.9 Å². The Morgan fingerprint density at radius 3 is 2.43 bits per heavy atom. The van der Waals surface area contributed by atoms with Gasteiger partial charge in [-0.15, -0.1) is 0 Å². The average molecular weight is 420 g/mol. The molecule has 1 aromatic heterocycles. The number of thiazole rings is 1. The monoisotopic (exact) mass is 419 g/mol. The number of hydrogen-bond donors (Lipinski definition) is 1. The zero-order chi connectivity index (χ0) is 20.6. The maximum absolute atomic E-state index is 12.8.